The second kappa shape index (κ2) is 7.34. The molecule has 0 saturated carbocycles. The summed E-state index contributed by atoms with van der Waals surface area (Å²) in [4.78, 5) is 15.5. The van der Waals surface area contributed by atoms with Crippen LogP contribution in [0, 0.1) is 5.92 Å². The third-order valence-electron chi connectivity index (χ3n) is 5.61. The molecule has 1 aliphatic carbocycles. The first-order valence-electron chi connectivity index (χ1n) is 10.4. The van der Waals surface area contributed by atoms with E-state index >= 15 is 0 Å². The summed E-state index contributed by atoms with van der Waals surface area (Å²) in [5.41, 5.74) is 2.41. The predicted molar refractivity (Wildman–Crippen MR) is 114 cm³/mol. The lowest BCUT2D eigenvalue weighted by Crippen LogP contribution is -2.61. The summed E-state index contributed by atoms with van der Waals surface area (Å²) < 4.78 is 12.9. The number of amides is 1. The number of carbonyl (C=O) groups is 1. The highest BCUT2D eigenvalue weighted by atomic mass is 16.7. The summed E-state index contributed by atoms with van der Waals surface area (Å²) in [7, 11) is 0. The van der Waals surface area contributed by atoms with Gasteiger partial charge in [-0.1, -0.05) is 54.6 Å². The van der Waals surface area contributed by atoms with E-state index in [4.69, 9.17) is 9.47 Å². The van der Waals surface area contributed by atoms with Crippen molar-refractivity contribution in [1.82, 2.24) is 4.90 Å². The Morgan fingerprint density at radius 2 is 1.93 bits per heavy atom. The van der Waals surface area contributed by atoms with E-state index in [9.17, 15) is 4.79 Å². The number of hydrogen-bond acceptors (Lipinski definition) is 3. The Morgan fingerprint density at radius 3 is 2.62 bits per heavy atom. The van der Waals surface area contributed by atoms with Gasteiger partial charge in [0, 0.05) is 29.0 Å². The van der Waals surface area contributed by atoms with Crippen LogP contribution in [0.25, 0.3) is 0 Å². The van der Waals surface area contributed by atoms with E-state index in [2.05, 4.69) is 18.2 Å². The van der Waals surface area contributed by atoms with Crippen molar-refractivity contribution in [2.24, 2.45) is 5.92 Å². The molecule has 1 aromatic rings. The Balaban J connectivity index is 1.87. The summed E-state index contributed by atoms with van der Waals surface area (Å²) in [6.45, 7) is 8.50. The van der Waals surface area contributed by atoms with Crippen LogP contribution in [0.3, 0.4) is 0 Å². The van der Waals surface area contributed by atoms with E-state index in [0.29, 0.717) is 19.4 Å². The molecule has 1 fully saturated rings. The van der Waals surface area contributed by atoms with Gasteiger partial charge in [-0.05, 0) is 45.8 Å². The molecule has 0 bridgehead atoms. The van der Waals surface area contributed by atoms with Crippen LogP contribution < -0.4 is 0 Å². The maximum Gasteiger partial charge on any atom is 0.322 e. The number of allylic oxidation sites excluding steroid dienone is 5. The van der Waals surface area contributed by atoms with Gasteiger partial charge in [-0.3, -0.25) is 9.69 Å². The van der Waals surface area contributed by atoms with Crippen molar-refractivity contribution in [2.75, 3.05) is 6.61 Å². The molecular weight excluding hydrogens is 362 g/mol. The highest BCUT2D eigenvalue weighted by molar-refractivity contribution is 5.99. The predicted octanol–water partition coefficient (Wildman–Crippen LogP) is 4.90. The molecule has 3 aliphatic rings. The second-order valence-electron chi connectivity index (χ2n) is 8.70. The highest BCUT2D eigenvalue weighted by Gasteiger charge is 2.61. The maximum absolute atomic E-state index is 13.7. The van der Waals surface area contributed by atoms with Crippen molar-refractivity contribution in [3.63, 3.8) is 0 Å². The minimum Gasteiger partial charge on any atom is -0.444 e. The van der Waals surface area contributed by atoms with Gasteiger partial charge < -0.3 is 9.47 Å². The third-order valence-corrected chi connectivity index (χ3v) is 5.61. The largest absolute Gasteiger partial charge is 0.444 e. The van der Waals surface area contributed by atoms with Gasteiger partial charge in [-0.2, -0.15) is 0 Å². The molecule has 1 amide bonds. The van der Waals surface area contributed by atoms with Crippen LogP contribution in [-0.4, -0.2) is 28.9 Å². The zero-order valence-electron chi connectivity index (χ0n) is 17.6. The molecule has 2 atom stereocenters. The lowest BCUT2D eigenvalue weighted by molar-refractivity contribution is -0.287. The van der Waals surface area contributed by atoms with Crippen LogP contribution in [0.4, 0.5) is 0 Å². The van der Waals surface area contributed by atoms with Gasteiger partial charge in [0.2, 0.25) is 0 Å². The average Bonchev–Trinajstić information content (AvgIpc) is 2.80. The van der Waals surface area contributed by atoms with Crippen LogP contribution in [-0.2, 0) is 20.7 Å². The van der Waals surface area contributed by atoms with E-state index < -0.39 is 11.4 Å². The number of rotatable bonds is 4. The molecule has 4 nitrogen and oxygen atoms in total. The van der Waals surface area contributed by atoms with Crippen molar-refractivity contribution in [3.05, 3.63) is 83.2 Å². The highest BCUT2D eigenvalue weighted by Crippen LogP contribution is 2.51. The minimum atomic E-state index is -1.18. The first-order chi connectivity index (χ1) is 13.9. The number of carbonyl (C=O) groups excluding carboxylic acids is 1. The zero-order valence-corrected chi connectivity index (χ0v) is 17.6. The smallest absolute Gasteiger partial charge is 0.322 e. The number of nitrogens with zero attached hydrogens (tertiary/aromatic N) is 1. The van der Waals surface area contributed by atoms with Crippen LogP contribution >= 0.6 is 0 Å². The summed E-state index contributed by atoms with van der Waals surface area (Å²) in [5, 5.41) is 0. The number of hydrogen-bond donors (Lipinski definition) is 0. The SMILES string of the molecule is CCO[C@@]12OC3=CC=CC=C[C@@H]3CC1=C(Cc1ccccc1)C(=O)N2C(C)(C)C. The number of ether oxygens (including phenoxy) is 2. The maximum atomic E-state index is 13.7. The molecule has 0 aromatic heterocycles. The topological polar surface area (TPSA) is 38.8 Å². The van der Waals surface area contributed by atoms with Crippen LogP contribution in [0.5, 0.6) is 0 Å². The molecule has 0 radical (unpaired) electrons. The van der Waals surface area contributed by atoms with Crippen molar-refractivity contribution >= 4 is 5.91 Å². The summed E-state index contributed by atoms with van der Waals surface area (Å²) in [5.74, 6) is -0.230. The van der Waals surface area contributed by atoms with E-state index in [-0.39, 0.29) is 11.8 Å². The Labute approximate surface area is 173 Å². The van der Waals surface area contributed by atoms with Gasteiger partial charge in [-0.25, -0.2) is 0 Å². The minimum absolute atomic E-state index is 0.00128. The second-order valence-corrected chi connectivity index (χ2v) is 8.70. The molecule has 0 N–H and O–H groups in total. The fourth-order valence-corrected chi connectivity index (χ4v) is 4.48. The Morgan fingerprint density at radius 1 is 1.17 bits per heavy atom. The van der Waals surface area contributed by atoms with Crippen molar-refractivity contribution in [3.8, 4) is 0 Å². The lowest BCUT2D eigenvalue weighted by atomic mass is 9.88. The van der Waals surface area contributed by atoms with Gasteiger partial charge in [0.05, 0.1) is 6.61 Å². The molecule has 152 valence electrons. The van der Waals surface area contributed by atoms with Gasteiger partial charge in [-0.15, -0.1) is 0 Å². The standard InChI is InChI=1S/C25H29NO3/c1-5-28-25-21(17-19-14-10-7-11-15-22(19)29-25)20(16-18-12-8-6-9-13-18)23(27)26(25)24(2,3)4/h6-15,19H,5,16-17H2,1-4H3/t19-,25-/m1/s1. The average molecular weight is 392 g/mol. The number of benzene rings is 1. The third kappa shape index (κ3) is 3.36. The zero-order chi connectivity index (χ0) is 20.6. The lowest BCUT2D eigenvalue weighted by Gasteiger charge is -2.49. The fraction of sp³-hybridized carbons (Fsp3) is 0.400. The molecule has 2 aliphatic heterocycles. The first kappa shape index (κ1) is 19.7. The van der Waals surface area contributed by atoms with Crippen molar-refractivity contribution < 1.29 is 14.3 Å². The summed E-state index contributed by atoms with van der Waals surface area (Å²) in [6.07, 6.45) is 11.4. The summed E-state index contributed by atoms with van der Waals surface area (Å²) in [6, 6.07) is 10.1. The molecule has 0 unspecified atom stereocenters. The normalized spacial score (nSPS) is 26.1. The number of fused-ring (bicyclic) bond motifs is 2. The van der Waals surface area contributed by atoms with Crippen molar-refractivity contribution in [2.45, 2.75) is 52.0 Å². The van der Waals surface area contributed by atoms with Gasteiger partial charge in [0.25, 0.3) is 5.91 Å². The molecule has 1 aromatic carbocycles. The van der Waals surface area contributed by atoms with Crippen LogP contribution in [0.15, 0.2) is 77.6 Å². The molecule has 2 heterocycles. The van der Waals surface area contributed by atoms with E-state index in [1.165, 1.54) is 0 Å². The monoisotopic (exact) mass is 391 g/mol. The first-order valence-corrected chi connectivity index (χ1v) is 10.4. The molecule has 4 heteroatoms. The Hall–Kier alpha value is -2.59. The molecule has 1 saturated heterocycles. The van der Waals surface area contributed by atoms with E-state index in [0.717, 1.165) is 22.5 Å². The fourth-order valence-electron chi connectivity index (χ4n) is 4.48. The summed E-state index contributed by atoms with van der Waals surface area (Å²) >= 11 is 0. The quantitative estimate of drug-likeness (QED) is 0.733. The molecular formula is C25H29NO3. The molecule has 0 spiro atoms. The molecule has 4 rings (SSSR count). The van der Waals surface area contributed by atoms with E-state index in [1.807, 2.05) is 70.2 Å². The van der Waals surface area contributed by atoms with Crippen LogP contribution in [0.1, 0.15) is 39.7 Å². The van der Waals surface area contributed by atoms with Gasteiger partial charge >= 0.3 is 5.91 Å². The molecule has 29 heavy (non-hydrogen) atoms. The van der Waals surface area contributed by atoms with Crippen molar-refractivity contribution in [1.29, 1.82) is 0 Å². The van der Waals surface area contributed by atoms with E-state index in [1.54, 1.807) is 4.90 Å². The van der Waals surface area contributed by atoms with Gasteiger partial charge in [0.15, 0.2) is 0 Å². The van der Waals surface area contributed by atoms with Gasteiger partial charge in [0.1, 0.15) is 5.76 Å². The Bertz CT molecular complexity index is 917. The van der Waals surface area contributed by atoms with Crippen LogP contribution in [0.2, 0.25) is 0 Å². The Kier molecular flexibility index (Phi) is 4.99.